The maximum absolute atomic E-state index is 13.9. The zero-order valence-corrected chi connectivity index (χ0v) is 17.7. The topological polar surface area (TPSA) is 40.5 Å². The van der Waals surface area contributed by atoms with Gasteiger partial charge in [0.15, 0.2) is 0 Å². The summed E-state index contributed by atoms with van der Waals surface area (Å²) in [5.74, 6) is 0.395. The van der Waals surface area contributed by atoms with Crippen LogP contribution in [0.25, 0.3) is 0 Å². The number of hydrogen-bond acceptors (Lipinski definition) is 2. The predicted molar refractivity (Wildman–Crippen MR) is 123 cm³/mol. The lowest BCUT2D eigenvalue weighted by Gasteiger charge is -2.49. The first-order valence-electron chi connectivity index (χ1n) is 11.3. The van der Waals surface area contributed by atoms with Gasteiger partial charge in [-0.25, -0.2) is 0 Å². The molecule has 3 fully saturated rings. The van der Waals surface area contributed by atoms with Crippen LogP contribution in [-0.4, -0.2) is 34.6 Å². The molecule has 3 nitrogen and oxygen atoms in total. The Kier molecular flexibility index (Phi) is 5.37. The zero-order chi connectivity index (χ0) is 21.3. The molecule has 2 saturated heterocycles. The second-order valence-corrected chi connectivity index (χ2v) is 9.02. The van der Waals surface area contributed by atoms with Crippen LogP contribution >= 0.6 is 0 Å². The van der Waals surface area contributed by atoms with Crippen molar-refractivity contribution in [2.24, 2.45) is 5.92 Å². The third-order valence-electron chi connectivity index (χ3n) is 7.34. The van der Waals surface area contributed by atoms with E-state index < -0.39 is 5.41 Å². The van der Waals surface area contributed by atoms with Crippen molar-refractivity contribution in [2.75, 3.05) is 6.54 Å². The highest BCUT2D eigenvalue weighted by Gasteiger charge is 2.45. The normalized spacial score (nSPS) is 23.0. The van der Waals surface area contributed by atoms with Crippen molar-refractivity contribution in [1.29, 1.82) is 0 Å². The van der Waals surface area contributed by atoms with Crippen LogP contribution in [0.4, 0.5) is 0 Å². The number of hydrogen-bond donors (Lipinski definition) is 1. The number of piperidine rings is 2. The Morgan fingerprint density at radius 1 is 0.806 bits per heavy atom. The molecule has 0 spiro atoms. The van der Waals surface area contributed by atoms with Gasteiger partial charge in [-0.3, -0.25) is 4.79 Å². The third kappa shape index (κ3) is 3.57. The molecule has 1 amide bonds. The number of benzene rings is 3. The maximum Gasteiger partial charge on any atom is 0.224 e. The summed E-state index contributed by atoms with van der Waals surface area (Å²) < 4.78 is 0. The van der Waals surface area contributed by atoms with E-state index in [4.69, 9.17) is 0 Å². The molecule has 2 heterocycles. The Labute approximate surface area is 184 Å². The minimum Gasteiger partial charge on any atom is -0.393 e. The summed E-state index contributed by atoms with van der Waals surface area (Å²) >= 11 is 0. The molecule has 1 N–H and O–H groups in total. The van der Waals surface area contributed by atoms with E-state index in [-0.39, 0.29) is 24.0 Å². The van der Waals surface area contributed by atoms with Gasteiger partial charge in [0.1, 0.15) is 0 Å². The van der Waals surface area contributed by atoms with Crippen LogP contribution in [0.2, 0.25) is 0 Å². The highest BCUT2D eigenvalue weighted by molar-refractivity contribution is 5.81. The van der Waals surface area contributed by atoms with Crippen molar-refractivity contribution < 1.29 is 9.90 Å². The van der Waals surface area contributed by atoms with E-state index in [0.29, 0.717) is 19.4 Å². The zero-order valence-electron chi connectivity index (χ0n) is 17.7. The van der Waals surface area contributed by atoms with E-state index in [1.807, 2.05) is 18.2 Å². The van der Waals surface area contributed by atoms with Crippen molar-refractivity contribution in [1.82, 2.24) is 4.90 Å². The van der Waals surface area contributed by atoms with E-state index in [1.54, 1.807) is 0 Å². The van der Waals surface area contributed by atoms with Crippen LogP contribution in [0, 0.1) is 5.92 Å². The fraction of sp³-hybridized carbons (Fsp3) is 0.321. The minimum absolute atomic E-state index is 0.160. The Balaban J connectivity index is 1.61. The molecule has 1 saturated carbocycles. The van der Waals surface area contributed by atoms with E-state index in [9.17, 15) is 9.90 Å². The highest BCUT2D eigenvalue weighted by atomic mass is 16.3. The maximum atomic E-state index is 13.9. The molecule has 31 heavy (non-hydrogen) atoms. The number of aliphatic hydroxyl groups is 1. The Morgan fingerprint density at radius 3 is 1.68 bits per heavy atom. The SMILES string of the molecule is O=C(CC(c1ccccc1)(c1ccccc1)c1ccccc1)N1CC2CCC1CC2O. The second kappa shape index (κ2) is 8.32. The quantitative estimate of drug-likeness (QED) is 0.614. The minimum atomic E-state index is -0.559. The van der Waals surface area contributed by atoms with Crippen LogP contribution in [0.15, 0.2) is 91.0 Å². The number of carbonyl (C=O) groups excluding carboxylic acids is 1. The van der Waals surface area contributed by atoms with Crippen LogP contribution in [0.1, 0.15) is 42.4 Å². The first-order chi connectivity index (χ1) is 15.2. The Hall–Kier alpha value is -2.91. The van der Waals surface area contributed by atoms with Gasteiger partial charge in [0.05, 0.1) is 11.5 Å². The molecule has 2 aliphatic heterocycles. The van der Waals surface area contributed by atoms with Crippen molar-refractivity contribution in [2.45, 2.75) is 43.2 Å². The molecule has 158 valence electrons. The van der Waals surface area contributed by atoms with Crippen LogP contribution < -0.4 is 0 Å². The molecule has 0 aromatic heterocycles. The molecule has 3 atom stereocenters. The summed E-state index contributed by atoms with van der Waals surface area (Å²) in [5.41, 5.74) is 2.82. The molecule has 3 aliphatic rings. The molecule has 0 radical (unpaired) electrons. The van der Waals surface area contributed by atoms with E-state index in [1.165, 1.54) is 0 Å². The van der Waals surface area contributed by atoms with E-state index in [2.05, 4.69) is 77.7 Å². The fourth-order valence-electron chi connectivity index (χ4n) is 5.69. The van der Waals surface area contributed by atoms with Crippen molar-refractivity contribution in [3.8, 4) is 0 Å². The second-order valence-electron chi connectivity index (χ2n) is 9.02. The summed E-state index contributed by atoms with van der Waals surface area (Å²) in [6, 6.07) is 31.4. The average Bonchev–Trinajstić information content (AvgIpc) is 2.84. The number of fused-ring (bicyclic) bond motifs is 3. The lowest BCUT2D eigenvalue weighted by atomic mass is 9.66. The number of nitrogens with zero attached hydrogens (tertiary/aromatic N) is 1. The van der Waals surface area contributed by atoms with Crippen LogP contribution in [0.3, 0.4) is 0 Å². The summed E-state index contributed by atoms with van der Waals surface area (Å²) in [7, 11) is 0. The largest absolute Gasteiger partial charge is 0.393 e. The molecule has 3 aromatic carbocycles. The first kappa shape index (κ1) is 20.0. The summed E-state index contributed by atoms with van der Waals surface area (Å²) in [6.45, 7) is 0.680. The molecule has 3 heteroatoms. The standard InChI is InChI=1S/C28H29NO2/c30-26-18-25-17-16-21(26)20-29(25)27(31)19-28(22-10-4-1-5-11-22,23-12-6-2-7-13-23)24-14-8-3-9-15-24/h1-15,21,25-26,30H,16-20H2. The molecule has 3 unspecified atom stereocenters. The average molecular weight is 412 g/mol. The van der Waals surface area contributed by atoms with Gasteiger partial charge in [0.2, 0.25) is 5.91 Å². The monoisotopic (exact) mass is 411 g/mol. The smallest absolute Gasteiger partial charge is 0.224 e. The van der Waals surface area contributed by atoms with Gasteiger partial charge in [0, 0.05) is 24.9 Å². The van der Waals surface area contributed by atoms with Crippen molar-refractivity contribution >= 4 is 5.91 Å². The molecular weight excluding hydrogens is 382 g/mol. The molecule has 2 bridgehead atoms. The van der Waals surface area contributed by atoms with Crippen molar-refractivity contribution in [3.05, 3.63) is 108 Å². The van der Waals surface area contributed by atoms with Crippen molar-refractivity contribution in [3.63, 3.8) is 0 Å². The number of amides is 1. The fourth-order valence-corrected chi connectivity index (χ4v) is 5.69. The van der Waals surface area contributed by atoms with E-state index >= 15 is 0 Å². The van der Waals surface area contributed by atoms with Gasteiger partial charge in [-0.05, 0) is 36.0 Å². The first-order valence-corrected chi connectivity index (χ1v) is 11.3. The van der Waals surface area contributed by atoms with Gasteiger partial charge in [-0.15, -0.1) is 0 Å². The molecule has 1 aliphatic carbocycles. The predicted octanol–water partition coefficient (Wildman–Crippen LogP) is 4.78. The number of rotatable bonds is 5. The van der Waals surface area contributed by atoms with Crippen LogP contribution in [0.5, 0.6) is 0 Å². The van der Waals surface area contributed by atoms with Gasteiger partial charge in [0.25, 0.3) is 0 Å². The number of aliphatic hydroxyl groups excluding tert-OH is 1. The molecule has 3 aromatic rings. The van der Waals surface area contributed by atoms with Gasteiger partial charge >= 0.3 is 0 Å². The van der Waals surface area contributed by atoms with Gasteiger partial charge < -0.3 is 10.0 Å². The molecule has 6 rings (SSSR count). The summed E-state index contributed by atoms with van der Waals surface area (Å²) in [5, 5.41) is 10.3. The van der Waals surface area contributed by atoms with E-state index in [0.717, 1.165) is 29.5 Å². The van der Waals surface area contributed by atoms with Crippen LogP contribution in [-0.2, 0) is 10.2 Å². The lowest BCUT2D eigenvalue weighted by Crippen LogP contribution is -2.57. The van der Waals surface area contributed by atoms with Gasteiger partial charge in [-0.1, -0.05) is 91.0 Å². The third-order valence-corrected chi connectivity index (χ3v) is 7.34. The Bertz CT molecular complexity index is 922. The summed E-state index contributed by atoms with van der Waals surface area (Å²) in [4.78, 5) is 15.9. The highest BCUT2D eigenvalue weighted by Crippen LogP contribution is 2.44. The summed E-state index contributed by atoms with van der Waals surface area (Å²) in [6.07, 6.45) is 2.86. The lowest BCUT2D eigenvalue weighted by molar-refractivity contribution is -0.144. The molecular formula is C28H29NO2. The van der Waals surface area contributed by atoms with Gasteiger partial charge in [-0.2, -0.15) is 0 Å². The number of carbonyl (C=O) groups is 1. The Morgan fingerprint density at radius 2 is 1.29 bits per heavy atom.